The minimum atomic E-state index is -1.34. The molecule has 37 heavy (non-hydrogen) atoms. The van der Waals surface area contributed by atoms with E-state index in [4.69, 9.17) is 4.74 Å². The second kappa shape index (κ2) is 8.38. The third kappa shape index (κ3) is 3.96. The number of anilines is 2. The quantitative estimate of drug-likeness (QED) is 0.482. The van der Waals surface area contributed by atoms with E-state index < -0.39 is 46.4 Å². The number of benzene rings is 2. The second-order valence-electron chi connectivity index (χ2n) is 11.2. The van der Waals surface area contributed by atoms with Crippen LogP contribution in [0.1, 0.15) is 45.0 Å². The number of rotatable bonds is 5. The number of ketones is 1. The van der Waals surface area contributed by atoms with Gasteiger partial charge < -0.3 is 15.4 Å². The van der Waals surface area contributed by atoms with Gasteiger partial charge in [0.05, 0.1) is 17.4 Å². The van der Waals surface area contributed by atoms with Gasteiger partial charge in [-0.25, -0.2) is 0 Å². The summed E-state index contributed by atoms with van der Waals surface area (Å²) in [5.74, 6) is -3.09. The minimum absolute atomic E-state index is 0.160. The Kier molecular flexibility index (Phi) is 5.64. The summed E-state index contributed by atoms with van der Waals surface area (Å²) in [6.45, 7) is 8.80. The van der Waals surface area contributed by atoms with Crippen LogP contribution in [0.3, 0.4) is 0 Å². The standard InChI is InChI=1S/C29H31N3O5/c1-17(33)18-10-9-13-20(16-18)32-23(25(35)31-27(2,3)4)29-15-14-28(5,37-29)21(22(29)26(32)36)24(34)30-19-11-7-6-8-12-19/h6-16,21-23H,1-5H3,(H,30,34)(H,31,35). The lowest BCUT2D eigenvalue weighted by molar-refractivity contribution is -0.131. The fourth-order valence-corrected chi connectivity index (χ4v) is 5.87. The van der Waals surface area contributed by atoms with Gasteiger partial charge >= 0.3 is 0 Å². The normalized spacial score (nSPS) is 29.8. The summed E-state index contributed by atoms with van der Waals surface area (Å²) in [6.07, 6.45) is 3.56. The molecule has 0 aromatic heterocycles. The van der Waals surface area contributed by atoms with E-state index in [9.17, 15) is 19.2 Å². The molecule has 2 saturated heterocycles. The third-order valence-electron chi connectivity index (χ3n) is 7.30. The molecule has 0 aliphatic carbocycles. The average Bonchev–Trinajstić information content (AvgIpc) is 3.39. The number of hydrogen-bond acceptors (Lipinski definition) is 5. The summed E-state index contributed by atoms with van der Waals surface area (Å²) in [5, 5.41) is 5.91. The highest BCUT2D eigenvalue weighted by Gasteiger charge is 2.76. The number of nitrogens with one attached hydrogen (secondary N) is 2. The first-order chi connectivity index (χ1) is 17.4. The predicted molar refractivity (Wildman–Crippen MR) is 139 cm³/mol. The molecule has 5 unspecified atom stereocenters. The molecule has 3 aliphatic heterocycles. The van der Waals surface area contributed by atoms with Gasteiger partial charge in [0.1, 0.15) is 11.6 Å². The van der Waals surface area contributed by atoms with Crippen molar-refractivity contribution in [3.8, 4) is 0 Å². The molecule has 8 heteroatoms. The fourth-order valence-electron chi connectivity index (χ4n) is 5.87. The molecule has 2 N–H and O–H groups in total. The van der Waals surface area contributed by atoms with Crippen LogP contribution in [0.25, 0.3) is 0 Å². The third-order valence-corrected chi connectivity index (χ3v) is 7.30. The Labute approximate surface area is 216 Å². The van der Waals surface area contributed by atoms with Crippen molar-refractivity contribution in [1.82, 2.24) is 5.32 Å². The molecule has 0 saturated carbocycles. The highest BCUT2D eigenvalue weighted by atomic mass is 16.5. The minimum Gasteiger partial charge on any atom is -0.356 e. The number of carbonyl (C=O) groups is 4. The number of fused-ring (bicyclic) bond motifs is 1. The second-order valence-corrected chi connectivity index (χ2v) is 11.2. The van der Waals surface area contributed by atoms with Crippen LogP contribution in [0.4, 0.5) is 11.4 Å². The lowest BCUT2D eigenvalue weighted by Gasteiger charge is -2.35. The van der Waals surface area contributed by atoms with E-state index in [2.05, 4.69) is 10.6 Å². The highest BCUT2D eigenvalue weighted by Crippen LogP contribution is 2.60. The fraction of sp³-hybridized carbons (Fsp3) is 0.379. The van der Waals surface area contributed by atoms with Crippen molar-refractivity contribution in [1.29, 1.82) is 0 Å². The summed E-state index contributed by atoms with van der Waals surface area (Å²) in [6, 6.07) is 14.6. The molecule has 2 bridgehead atoms. The Morgan fingerprint density at radius 1 is 0.973 bits per heavy atom. The number of Topliss-reactive ketones (excluding diaryl/α,β-unsaturated/α-hetero) is 1. The lowest BCUT2D eigenvalue weighted by Crippen LogP contribution is -2.58. The van der Waals surface area contributed by atoms with E-state index in [-0.39, 0.29) is 11.7 Å². The molecule has 192 valence electrons. The topological polar surface area (TPSA) is 105 Å². The van der Waals surface area contributed by atoms with Crippen molar-refractivity contribution in [2.24, 2.45) is 11.8 Å². The van der Waals surface area contributed by atoms with Crippen molar-refractivity contribution in [3.05, 3.63) is 72.3 Å². The maximum atomic E-state index is 14.2. The number of nitrogens with zero attached hydrogens (tertiary/aromatic N) is 1. The van der Waals surface area contributed by atoms with Crippen molar-refractivity contribution in [2.45, 2.75) is 57.4 Å². The Bertz CT molecular complexity index is 1330. The van der Waals surface area contributed by atoms with Crippen molar-refractivity contribution in [3.63, 3.8) is 0 Å². The van der Waals surface area contributed by atoms with Gasteiger partial charge in [0.2, 0.25) is 17.7 Å². The SMILES string of the molecule is CC(=O)c1cccc(N2C(=O)C3C(C(=O)Nc4ccccc4)C4(C)C=CC3(O4)C2C(=O)NC(C)(C)C)c1. The van der Waals surface area contributed by atoms with Crippen LogP contribution in [0.15, 0.2) is 66.7 Å². The number of amides is 3. The number of hydrogen-bond donors (Lipinski definition) is 2. The van der Waals surface area contributed by atoms with Crippen molar-refractivity contribution in [2.75, 3.05) is 10.2 Å². The molecule has 3 amide bonds. The van der Waals surface area contributed by atoms with Crippen LogP contribution in [0.2, 0.25) is 0 Å². The number of para-hydroxylation sites is 1. The zero-order valence-electron chi connectivity index (χ0n) is 21.6. The molecule has 2 fully saturated rings. The number of carbonyl (C=O) groups excluding carboxylic acids is 4. The van der Waals surface area contributed by atoms with Gasteiger partial charge in [-0.1, -0.05) is 42.5 Å². The molecule has 8 nitrogen and oxygen atoms in total. The lowest BCUT2D eigenvalue weighted by atomic mass is 9.70. The van der Waals surface area contributed by atoms with Gasteiger partial charge in [-0.2, -0.15) is 0 Å². The van der Waals surface area contributed by atoms with Crippen LogP contribution in [-0.4, -0.2) is 46.3 Å². The summed E-state index contributed by atoms with van der Waals surface area (Å²) >= 11 is 0. The summed E-state index contributed by atoms with van der Waals surface area (Å²) in [4.78, 5) is 55.2. The Morgan fingerprint density at radius 3 is 2.32 bits per heavy atom. The van der Waals surface area contributed by atoms with E-state index in [0.29, 0.717) is 16.9 Å². The average molecular weight is 502 g/mol. The molecule has 0 radical (unpaired) electrons. The van der Waals surface area contributed by atoms with E-state index in [1.165, 1.54) is 11.8 Å². The smallest absolute Gasteiger partial charge is 0.246 e. The maximum absolute atomic E-state index is 14.2. The summed E-state index contributed by atoms with van der Waals surface area (Å²) in [7, 11) is 0. The first kappa shape index (κ1) is 24.9. The zero-order valence-corrected chi connectivity index (χ0v) is 21.6. The van der Waals surface area contributed by atoms with Gasteiger partial charge in [-0.05, 0) is 58.9 Å². The molecule has 2 aromatic carbocycles. The molecule has 5 atom stereocenters. The van der Waals surface area contributed by atoms with Crippen LogP contribution >= 0.6 is 0 Å². The molecule has 2 aromatic rings. The Morgan fingerprint density at radius 2 is 1.68 bits per heavy atom. The first-order valence-electron chi connectivity index (χ1n) is 12.4. The van der Waals surface area contributed by atoms with Crippen molar-refractivity contribution >= 4 is 34.9 Å². The van der Waals surface area contributed by atoms with E-state index in [1.807, 2.05) is 39.0 Å². The first-order valence-corrected chi connectivity index (χ1v) is 12.4. The largest absolute Gasteiger partial charge is 0.356 e. The highest BCUT2D eigenvalue weighted by molar-refractivity contribution is 6.12. The molecular formula is C29H31N3O5. The van der Waals surface area contributed by atoms with E-state index >= 15 is 0 Å². The molecular weight excluding hydrogens is 470 g/mol. The molecule has 3 aliphatic rings. The van der Waals surface area contributed by atoms with Crippen LogP contribution < -0.4 is 15.5 Å². The van der Waals surface area contributed by atoms with Gasteiger partial charge in [0.15, 0.2) is 5.78 Å². The molecule has 5 rings (SSSR count). The van der Waals surface area contributed by atoms with Gasteiger partial charge in [-0.15, -0.1) is 0 Å². The van der Waals surface area contributed by atoms with Crippen molar-refractivity contribution < 1.29 is 23.9 Å². The predicted octanol–water partition coefficient (Wildman–Crippen LogP) is 3.49. The molecule has 3 heterocycles. The van der Waals surface area contributed by atoms with Gasteiger partial charge in [-0.3, -0.25) is 24.1 Å². The summed E-state index contributed by atoms with van der Waals surface area (Å²) < 4.78 is 6.53. The van der Waals surface area contributed by atoms with E-state index in [0.717, 1.165) is 0 Å². The van der Waals surface area contributed by atoms with Crippen LogP contribution in [0, 0.1) is 11.8 Å². The molecule has 1 spiro atoms. The summed E-state index contributed by atoms with van der Waals surface area (Å²) in [5.41, 5.74) is -1.55. The maximum Gasteiger partial charge on any atom is 0.246 e. The van der Waals surface area contributed by atoms with E-state index in [1.54, 1.807) is 55.5 Å². The van der Waals surface area contributed by atoms with Crippen LogP contribution in [-0.2, 0) is 19.1 Å². The monoisotopic (exact) mass is 501 g/mol. The Balaban J connectivity index is 1.61. The Hall–Kier alpha value is -3.78. The van der Waals surface area contributed by atoms with Crippen LogP contribution in [0.5, 0.6) is 0 Å². The zero-order chi connectivity index (χ0) is 26.8. The van der Waals surface area contributed by atoms with Gasteiger partial charge in [0, 0.05) is 22.5 Å². The number of ether oxygens (including phenoxy) is 1. The van der Waals surface area contributed by atoms with Gasteiger partial charge in [0.25, 0.3) is 0 Å².